The molecule has 0 spiro atoms. The summed E-state index contributed by atoms with van der Waals surface area (Å²) in [6.45, 7) is 2.18. The van der Waals surface area contributed by atoms with Crippen molar-refractivity contribution >= 4 is 0 Å². The van der Waals surface area contributed by atoms with E-state index in [1.807, 2.05) is 30.3 Å². The highest BCUT2D eigenvalue weighted by atomic mass is 16.5. The lowest BCUT2D eigenvalue weighted by molar-refractivity contribution is 0.194. The predicted molar refractivity (Wildman–Crippen MR) is 86.1 cm³/mol. The number of methoxy groups -OCH3 is 2. The van der Waals surface area contributed by atoms with Crippen LogP contribution in [0.2, 0.25) is 0 Å². The van der Waals surface area contributed by atoms with Crippen LogP contribution >= 0.6 is 0 Å². The molecule has 2 N–H and O–H groups in total. The number of benzene rings is 1. The molecule has 0 saturated carbocycles. The van der Waals surface area contributed by atoms with Crippen LogP contribution in [0.3, 0.4) is 0 Å². The Balaban J connectivity index is 2.08. The molecular weight excluding hydrogens is 280 g/mol. The Hall–Kier alpha value is -2.11. The molecule has 1 aromatic heterocycles. The van der Waals surface area contributed by atoms with Gasteiger partial charge in [0.15, 0.2) is 0 Å². The Labute approximate surface area is 130 Å². The van der Waals surface area contributed by atoms with Gasteiger partial charge in [0.05, 0.1) is 12.8 Å². The molecule has 0 saturated heterocycles. The van der Waals surface area contributed by atoms with Gasteiger partial charge in [0.1, 0.15) is 5.75 Å². The summed E-state index contributed by atoms with van der Waals surface area (Å²) in [5.74, 6) is 0.857. The minimum Gasteiger partial charge on any atom is -0.508 e. The number of phenols is 1. The molecule has 118 valence electrons. The zero-order chi connectivity index (χ0) is 15.8. The number of hydrogen-bond donors (Lipinski definition) is 2. The third-order valence-electron chi connectivity index (χ3n) is 3.33. The largest absolute Gasteiger partial charge is 0.508 e. The Morgan fingerprint density at radius 2 is 2.05 bits per heavy atom. The molecule has 0 bridgehead atoms. The van der Waals surface area contributed by atoms with E-state index in [1.165, 1.54) is 0 Å². The second-order valence-electron chi connectivity index (χ2n) is 4.93. The third-order valence-corrected chi connectivity index (χ3v) is 3.33. The van der Waals surface area contributed by atoms with Gasteiger partial charge >= 0.3 is 0 Å². The normalized spacial score (nSPS) is 10.6. The van der Waals surface area contributed by atoms with Crippen molar-refractivity contribution < 1.29 is 14.6 Å². The number of aromatic hydroxyl groups is 1. The van der Waals surface area contributed by atoms with Crippen molar-refractivity contribution in [3.05, 3.63) is 42.0 Å². The lowest BCUT2D eigenvalue weighted by Gasteiger charge is -2.10. The van der Waals surface area contributed by atoms with Gasteiger partial charge in [0.25, 0.3) is 0 Å². The summed E-state index contributed by atoms with van der Waals surface area (Å²) >= 11 is 0. The number of rotatable bonds is 8. The zero-order valence-corrected chi connectivity index (χ0v) is 13.0. The van der Waals surface area contributed by atoms with Gasteiger partial charge in [-0.15, -0.1) is 0 Å². The molecule has 0 radical (unpaired) electrons. The van der Waals surface area contributed by atoms with Crippen molar-refractivity contribution in [2.45, 2.75) is 13.0 Å². The molecule has 1 heterocycles. The van der Waals surface area contributed by atoms with Gasteiger partial charge in [0.2, 0.25) is 5.88 Å². The first-order valence-corrected chi connectivity index (χ1v) is 7.27. The maximum atomic E-state index is 9.98. The molecule has 0 fully saturated rings. The van der Waals surface area contributed by atoms with Crippen LogP contribution in [0, 0.1) is 0 Å². The summed E-state index contributed by atoms with van der Waals surface area (Å²) in [4.78, 5) is 4.41. The van der Waals surface area contributed by atoms with Crippen LogP contribution in [0.5, 0.6) is 11.6 Å². The molecule has 5 heteroatoms. The topological polar surface area (TPSA) is 63.6 Å². The van der Waals surface area contributed by atoms with E-state index in [0.717, 1.165) is 36.4 Å². The minimum atomic E-state index is 0.283. The summed E-state index contributed by atoms with van der Waals surface area (Å²) in [5, 5.41) is 13.3. The summed E-state index contributed by atoms with van der Waals surface area (Å²) in [5.41, 5.74) is 2.62. The summed E-state index contributed by atoms with van der Waals surface area (Å²) in [6, 6.07) is 11.1. The molecule has 1 aromatic carbocycles. The number of nitrogens with zero attached hydrogens (tertiary/aromatic N) is 1. The van der Waals surface area contributed by atoms with Crippen LogP contribution in [-0.4, -0.2) is 37.5 Å². The van der Waals surface area contributed by atoms with E-state index in [2.05, 4.69) is 10.3 Å². The Bertz CT molecular complexity index is 602. The highest BCUT2D eigenvalue weighted by Crippen LogP contribution is 2.25. The molecule has 0 unspecified atom stereocenters. The quantitative estimate of drug-likeness (QED) is 0.734. The average Bonchev–Trinajstić information content (AvgIpc) is 2.56. The van der Waals surface area contributed by atoms with Crippen molar-refractivity contribution in [2.75, 3.05) is 27.4 Å². The van der Waals surface area contributed by atoms with Crippen LogP contribution in [0.4, 0.5) is 0 Å². The fourth-order valence-electron chi connectivity index (χ4n) is 2.14. The van der Waals surface area contributed by atoms with Crippen LogP contribution in [-0.2, 0) is 11.3 Å². The summed E-state index contributed by atoms with van der Waals surface area (Å²) < 4.78 is 10.2. The second-order valence-corrected chi connectivity index (χ2v) is 4.93. The standard InChI is InChI=1S/C17H22N2O3/c1-21-10-4-9-18-12-14-11-13(7-8-16(14)20)15-5-3-6-17(19-15)22-2/h3,5-8,11,18,20H,4,9-10,12H2,1-2H3. The van der Waals surface area contributed by atoms with E-state index < -0.39 is 0 Å². The lowest BCUT2D eigenvalue weighted by Crippen LogP contribution is -2.16. The van der Waals surface area contributed by atoms with E-state index in [-0.39, 0.29) is 5.75 Å². The molecule has 2 aromatic rings. The van der Waals surface area contributed by atoms with Crippen molar-refractivity contribution in [3.63, 3.8) is 0 Å². The predicted octanol–water partition coefficient (Wildman–Crippen LogP) is 2.59. The van der Waals surface area contributed by atoms with Gasteiger partial charge in [0, 0.05) is 37.5 Å². The number of pyridine rings is 1. The average molecular weight is 302 g/mol. The van der Waals surface area contributed by atoms with Crippen LogP contribution in [0.25, 0.3) is 11.3 Å². The van der Waals surface area contributed by atoms with E-state index in [1.54, 1.807) is 20.3 Å². The minimum absolute atomic E-state index is 0.283. The van der Waals surface area contributed by atoms with Gasteiger partial charge in [-0.25, -0.2) is 4.98 Å². The molecule has 0 aliphatic rings. The third kappa shape index (κ3) is 4.44. The number of nitrogens with one attached hydrogen (secondary N) is 1. The second kappa shape index (κ2) is 8.36. The first kappa shape index (κ1) is 16.3. The molecule has 0 aliphatic heterocycles. The van der Waals surface area contributed by atoms with Gasteiger partial charge in [-0.05, 0) is 37.2 Å². The number of phenolic OH excluding ortho intramolecular Hbond substituents is 1. The molecular formula is C17H22N2O3. The van der Waals surface area contributed by atoms with Gasteiger partial charge in [-0.3, -0.25) is 0 Å². The maximum absolute atomic E-state index is 9.98. The van der Waals surface area contributed by atoms with Crippen LogP contribution in [0.15, 0.2) is 36.4 Å². The fraction of sp³-hybridized carbons (Fsp3) is 0.353. The summed E-state index contributed by atoms with van der Waals surface area (Å²) in [7, 11) is 3.29. The molecule has 2 rings (SSSR count). The first-order chi connectivity index (χ1) is 10.7. The van der Waals surface area contributed by atoms with Gasteiger partial charge in [-0.2, -0.15) is 0 Å². The lowest BCUT2D eigenvalue weighted by atomic mass is 10.1. The van der Waals surface area contributed by atoms with E-state index >= 15 is 0 Å². The Morgan fingerprint density at radius 1 is 1.18 bits per heavy atom. The number of aromatic nitrogens is 1. The van der Waals surface area contributed by atoms with E-state index in [0.29, 0.717) is 12.4 Å². The van der Waals surface area contributed by atoms with Crippen molar-refractivity contribution in [3.8, 4) is 22.9 Å². The van der Waals surface area contributed by atoms with E-state index in [9.17, 15) is 5.11 Å². The van der Waals surface area contributed by atoms with Crippen molar-refractivity contribution in [1.82, 2.24) is 10.3 Å². The SMILES string of the molecule is COCCCNCc1cc(-c2cccc(OC)n2)ccc1O. The summed E-state index contributed by atoms with van der Waals surface area (Å²) in [6.07, 6.45) is 0.939. The molecule has 22 heavy (non-hydrogen) atoms. The van der Waals surface area contributed by atoms with Crippen LogP contribution in [0.1, 0.15) is 12.0 Å². The Kier molecular flexibility index (Phi) is 6.18. The zero-order valence-electron chi connectivity index (χ0n) is 13.0. The Morgan fingerprint density at radius 3 is 2.82 bits per heavy atom. The van der Waals surface area contributed by atoms with Gasteiger partial charge in [-0.1, -0.05) is 6.07 Å². The van der Waals surface area contributed by atoms with E-state index in [4.69, 9.17) is 9.47 Å². The van der Waals surface area contributed by atoms with Crippen LogP contribution < -0.4 is 10.1 Å². The van der Waals surface area contributed by atoms with Crippen molar-refractivity contribution in [2.24, 2.45) is 0 Å². The number of hydrogen-bond acceptors (Lipinski definition) is 5. The highest BCUT2D eigenvalue weighted by Gasteiger charge is 2.06. The molecule has 0 amide bonds. The number of ether oxygens (including phenoxy) is 2. The smallest absolute Gasteiger partial charge is 0.213 e. The monoisotopic (exact) mass is 302 g/mol. The fourth-order valence-corrected chi connectivity index (χ4v) is 2.14. The highest BCUT2D eigenvalue weighted by molar-refractivity contribution is 5.62. The molecule has 5 nitrogen and oxygen atoms in total. The first-order valence-electron chi connectivity index (χ1n) is 7.27. The maximum Gasteiger partial charge on any atom is 0.213 e. The molecule has 0 atom stereocenters. The van der Waals surface area contributed by atoms with Crippen molar-refractivity contribution in [1.29, 1.82) is 0 Å². The van der Waals surface area contributed by atoms with Gasteiger partial charge < -0.3 is 19.9 Å². The molecule has 0 aliphatic carbocycles.